The van der Waals surface area contributed by atoms with Crippen molar-refractivity contribution in [2.24, 2.45) is 0 Å². The first-order valence-electron chi connectivity index (χ1n) is 11.2. The van der Waals surface area contributed by atoms with Gasteiger partial charge < -0.3 is 23.9 Å². The highest BCUT2D eigenvalue weighted by Gasteiger charge is 2.46. The zero-order chi connectivity index (χ0) is 24.8. The number of ether oxygens (including phenoxy) is 2. The van der Waals surface area contributed by atoms with Gasteiger partial charge in [-0.25, -0.2) is 4.98 Å². The molecule has 4 aromatic rings. The van der Waals surface area contributed by atoms with Gasteiger partial charge in [0.2, 0.25) is 12.6 Å². The summed E-state index contributed by atoms with van der Waals surface area (Å²) in [5, 5.41) is 11.6. The van der Waals surface area contributed by atoms with Gasteiger partial charge in [0.15, 0.2) is 17.3 Å². The van der Waals surface area contributed by atoms with Crippen LogP contribution in [0.5, 0.6) is 11.5 Å². The molecule has 180 valence electrons. The Labute approximate surface area is 210 Å². The second-order valence-corrected chi connectivity index (χ2v) is 9.43. The minimum atomic E-state index is -0.896. The van der Waals surface area contributed by atoms with E-state index in [1.165, 1.54) is 22.5 Å². The monoisotopic (exact) mass is 500 g/mol. The number of furan rings is 1. The lowest BCUT2D eigenvalue weighted by Crippen LogP contribution is -2.30. The fourth-order valence-corrected chi connectivity index (χ4v) is 5.49. The van der Waals surface area contributed by atoms with Crippen LogP contribution in [0, 0.1) is 6.92 Å². The van der Waals surface area contributed by atoms with E-state index < -0.39 is 23.5 Å². The molecular formula is C27H20N2O6S. The smallest absolute Gasteiger partial charge is 0.290 e. The van der Waals surface area contributed by atoms with Gasteiger partial charge in [-0.2, -0.15) is 0 Å². The number of hydrogen-bond acceptors (Lipinski definition) is 8. The summed E-state index contributed by atoms with van der Waals surface area (Å²) in [6.07, 6.45) is 1.47. The van der Waals surface area contributed by atoms with Crippen LogP contribution in [0.3, 0.4) is 0 Å². The molecule has 2 aliphatic heterocycles. The summed E-state index contributed by atoms with van der Waals surface area (Å²) in [4.78, 5) is 33.4. The first-order valence-corrected chi connectivity index (χ1v) is 12.1. The molecule has 2 aliphatic rings. The van der Waals surface area contributed by atoms with E-state index in [2.05, 4.69) is 4.98 Å². The first kappa shape index (κ1) is 22.1. The number of rotatable bonds is 6. The van der Waals surface area contributed by atoms with E-state index >= 15 is 0 Å². The second-order valence-electron chi connectivity index (χ2n) is 8.43. The van der Waals surface area contributed by atoms with Crippen molar-refractivity contribution < 1.29 is 28.6 Å². The molecule has 1 atom stereocenters. The summed E-state index contributed by atoms with van der Waals surface area (Å²) in [6, 6.07) is 17.4. The number of amides is 1. The maximum atomic E-state index is 13.8. The van der Waals surface area contributed by atoms with Crippen molar-refractivity contribution in [2.75, 3.05) is 6.79 Å². The lowest BCUT2D eigenvalue weighted by atomic mass is 9.99. The van der Waals surface area contributed by atoms with Crippen LogP contribution in [0.1, 0.15) is 32.7 Å². The van der Waals surface area contributed by atoms with Crippen LogP contribution in [0.4, 0.5) is 0 Å². The standard InChI is InChI=1S/C27H20N2O6S/c1-15-25(36-26(28-15)17-6-3-2-4-7-17)23(30)21-22(19-8-5-11-33-19)29(27(32)24(21)31)13-16-9-10-18-20(12-16)35-14-34-18/h2-12,22,31H,13-14H2,1H3. The van der Waals surface area contributed by atoms with Crippen LogP contribution in [0.15, 0.2) is 82.7 Å². The molecule has 0 aliphatic carbocycles. The van der Waals surface area contributed by atoms with Gasteiger partial charge in [0.1, 0.15) is 16.8 Å². The van der Waals surface area contributed by atoms with Gasteiger partial charge in [0.25, 0.3) is 5.91 Å². The normalized spacial score (nSPS) is 16.8. The third-order valence-corrected chi connectivity index (χ3v) is 7.38. The van der Waals surface area contributed by atoms with E-state index in [1.807, 2.05) is 36.4 Å². The van der Waals surface area contributed by atoms with Crippen molar-refractivity contribution in [1.82, 2.24) is 9.88 Å². The molecule has 6 rings (SSSR count). The predicted octanol–water partition coefficient (Wildman–Crippen LogP) is 5.22. The Kier molecular flexibility index (Phi) is 5.34. The van der Waals surface area contributed by atoms with Crippen LogP contribution >= 0.6 is 11.3 Å². The van der Waals surface area contributed by atoms with Crippen molar-refractivity contribution in [2.45, 2.75) is 19.5 Å². The van der Waals surface area contributed by atoms with Crippen molar-refractivity contribution >= 4 is 23.0 Å². The van der Waals surface area contributed by atoms with E-state index in [1.54, 1.807) is 31.2 Å². The predicted molar refractivity (Wildman–Crippen MR) is 131 cm³/mol. The highest BCUT2D eigenvalue weighted by Crippen LogP contribution is 2.42. The fraction of sp³-hybridized carbons (Fsp3) is 0.148. The lowest BCUT2D eigenvalue weighted by Gasteiger charge is -2.25. The molecule has 0 radical (unpaired) electrons. The maximum Gasteiger partial charge on any atom is 0.290 e. The van der Waals surface area contributed by atoms with E-state index in [0.717, 1.165) is 11.1 Å². The SMILES string of the molecule is Cc1nc(-c2ccccc2)sc1C(=O)C1=C(O)C(=O)N(Cc2ccc3c(c2)OCO3)C1c1ccco1. The van der Waals surface area contributed by atoms with Gasteiger partial charge in [-0.05, 0) is 36.8 Å². The largest absolute Gasteiger partial charge is 0.503 e. The number of aromatic nitrogens is 1. The molecule has 2 aromatic heterocycles. The topological polar surface area (TPSA) is 102 Å². The van der Waals surface area contributed by atoms with Crippen LogP contribution in [-0.4, -0.2) is 33.5 Å². The average molecular weight is 501 g/mol. The summed E-state index contributed by atoms with van der Waals surface area (Å²) in [5.41, 5.74) is 2.15. The van der Waals surface area contributed by atoms with E-state index in [0.29, 0.717) is 32.8 Å². The molecule has 9 heteroatoms. The van der Waals surface area contributed by atoms with Gasteiger partial charge in [0.05, 0.1) is 22.4 Å². The third-order valence-electron chi connectivity index (χ3n) is 6.17. The Morgan fingerprint density at radius 1 is 1.11 bits per heavy atom. The Morgan fingerprint density at radius 3 is 2.69 bits per heavy atom. The van der Waals surface area contributed by atoms with Gasteiger partial charge in [-0.3, -0.25) is 9.59 Å². The van der Waals surface area contributed by atoms with Crippen LogP contribution in [0.25, 0.3) is 10.6 Å². The molecule has 4 heterocycles. The van der Waals surface area contributed by atoms with Crippen LogP contribution in [-0.2, 0) is 11.3 Å². The first-order chi connectivity index (χ1) is 17.5. The number of benzene rings is 2. The number of carbonyl (C=O) groups is 2. The fourth-order valence-electron chi connectivity index (χ4n) is 4.46. The number of Topliss-reactive ketones (excluding diaryl/α,β-unsaturated/α-hetero) is 1. The Balaban J connectivity index is 1.38. The second kappa shape index (κ2) is 8.69. The molecule has 1 N–H and O–H groups in total. The molecule has 0 saturated heterocycles. The van der Waals surface area contributed by atoms with Crippen molar-refractivity contribution in [3.05, 3.63) is 100 Å². The Morgan fingerprint density at radius 2 is 1.92 bits per heavy atom. The van der Waals surface area contributed by atoms with Gasteiger partial charge in [-0.15, -0.1) is 11.3 Å². The van der Waals surface area contributed by atoms with Crippen molar-refractivity contribution in [3.63, 3.8) is 0 Å². The third kappa shape index (κ3) is 3.64. The van der Waals surface area contributed by atoms with Crippen LogP contribution in [0.2, 0.25) is 0 Å². The summed E-state index contributed by atoms with van der Waals surface area (Å²) in [5.74, 6) is -0.106. The van der Waals surface area contributed by atoms with E-state index in [-0.39, 0.29) is 18.9 Å². The van der Waals surface area contributed by atoms with Gasteiger partial charge >= 0.3 is 0 Å². The van der Waals surface area contributed by atoms with Crippen molar-refractivity contribution in [3.8, 4) is 22.1 Å². The van der Waals surface area contributed by atoms with Crippen molar-refractivity contribution in [1.29, 1.82) is 0 Å². The molecule has 8 nitrogen and oxygen atoms in total. The molecule has 0 spiro atoms. The Hall–Kier alpha value is -4.37. The molecule has 0 bridgehead atoms. The van der Waals surface area contributed by atoms with Crippen LogP contribution < -0.4 is 9.47 Å². The van der Waals surface area contributed by atoms with E-state index in [9.17, 15) is 14.7 Å². The summed E-state index contributed by atoms with van der Waals surface area (Å²) >= 11 is 1.23. The number of thiazole rings is 1. The zero-order valence-corrected chi connectivity index (χ0v) is 20.0. The van der Waals surface area contributed by atoms with Gasteiger partial charge in [-0.1, -0.05) is 36.4 Å². The number of nitrogens with zero attached hydrogens (tertiary/aromatic N) is 2. The number of carbonyl (C=O) groups excluding carboxylic acids is 2. The number of aryl methyl sites for hydroxylation is 1. The lowest BCUT2D eigenvalue weighted by molar-refractivity contribution is -0.130. The Bertz CT molecular complexity index is 1510. The molecule has 2 aromatic carbocycles. The summed E-state index contributed by atoms with van der Waals surface area (Å²) in [6.45, 7) is 2.01. The maximum absolute atomic E-state index is 13.8. The highest BCUT2D eigenvalue weighted by atomic mass is 32.1. The number of hydrogen-bond donors (Lipinski definition) is 1. The summed E-state index contributed by atoms with van der Waals surface area (Å²) < 4.78 is 16.5. The minimum Gasteiger partial charge on any atom is -0.503 e. The minimum absolute atomic E-state index is 0.0259. The molecule has 36 heavy (non-hydrogen) atoms. The molecule has 0 fully saturated rings. The zero-order valence-electron chi connectivity index (χ0n) is 19.1. The van der Waals surface area contributed by atoms with Gasteiger partial charge in [0, 0.05) is 12.1 Å². The molecule has 1 unspecified atom stereocenters. The number of aliphatic hydroxyl groups is 1. The number of ketones is 1. The molecule has 0 saturated carbocycles. The highest BCUT2D eigenvalue weighted by molar-refractivity contribution is 7.17. The number of fused-ring (bicyclic) bond motifs is 1. The number of aliphatic hydroxyl groups excluding tert-OH is 1. The molecular weight excluding hydrogens is 480 g/mol. The molecule has 1 amide bonds. The van der Waals surface area contributed by atoms with E-state index in [4.69, 9.17) is 13.9 Å². The summed E-state index contributed by atoms with van der Waals surface area (Å²) in [7, 11) is 0. The average Bonchev–Trinajstić information content (AvgIpc) is 3.68. The quantitative estimate of drug-likeness (QED) is 0.362.